The molecule has 0 bridgehead atoms. The van der Waals surface area contributed by atoms with Gasteiger partial charge in [-0.1, -0.05) is 13.3 Å². The van der Waals surface area contributed by atoms with E-state index in [0.717, 1.165) is 38.4 Å². The van der Waals surface area contributed by atoms with E-state index in [9.17, 15) is 13.2 Å². The molecule has 0 aliphatic carbocycles. The van der Waals surface area contributed by atoms with Gasteiger partial charge in [-0.05, 0) is 30.4 Å². The van der Waals surface area contributed by atoms with Crippen molar-refractivity contribution in [2.24, 2.45) is 5.92 Å². The standard InChI is InChI=1S/C12H15ClF3N3/c1-2-3-8-4-5-19(7-8)10-6-9(12(14,15)16)17-11(13)18-10/h6,8H,2-5,7H2,1H3. The Balaban J connectivity index is 2.19. The number of aromatic nitrogens is 2. The predicted octanol–water partition coefficient (Wildman–Crippen LogP) is 3.78. The molecule has 3 nitrogen and oxygen atoms in total. The van der Waals surface area contributed by atoms with Crippen LogP contribution in [0.4, 0.5) is 19.0 Å². The molecule has 0 aromatic carbocycles. The van der Waals surface area contributed by atoms with Gasteiger partial charge in [0, 0.05) is 19.2 Å². The average molecular weight is 294 g/mol. The Labute approximate surface area is 114 Å². The first kappa shape index (κ1) is 14.4. The second-order valence-electron chi connectivity index (χ2n) is 4.77. The van der Waals surface area contributed by atoms with Crippen LogP contribution in [0.3, 0.4) is 0 Å². The van der Waals surface area contributed by atoms with Crippen LogP contribution in [0.25, 0.3) is 0 Å². The summed E-state index contributed by atoms with van der Waals surface area (Å²) in [7, 11) is 0. The normalized spacial score (nSPS) is 20.1. The molecule has 1 aliphatic heterocycles. The van der Waals surface area contributed by atoms with Crippen LogP contribution in [0.5, 0.6) is 0 Å². The summed E-state index contributed by atoms with van der Waals surface area (Å²) in [4.78, 5) is 8.99. The quantitative estimate of drug-likeness (QED) is 0.794. The number of hydrogen-bond donors (Lipinski definition) is 0. The van der Waals surface area contributed by atoms with Gasteiger partial charge in [-0.15, -0.1) is 0 Å². The number of anilines is 1. The summed E-state index contributed by atoms with van der Waals surface area (Å²) in [5, 5.41) is -0.358. The molecule has 1 atom stereocenters. The van der Waals surface area contributed by atoms with E-state index in [4.69, 9.17) is 11.6 Å². The maximum atomic E-state index is 12.7. The highest BCUT2D eigenvalue weighted by Gasteiger charge is 2.34. The summed E-state index contributed by atoms with van der Waals surface area (Å²) < 4.78 is 38.0. The minimum atomic E-state index is -4.50. The zero-order chi connectivity index (χ0) is 14.0. The van der Waals surface area contributed by atoms with E-state index in [0.29, 0.717) is 5.92 Å². The smallest absolute Gasteiger partial charge is 0.356 e. The van der Waals surface area contributed by atoms with Crippen LogP contribution < -0.4 is 4.90 Å². The third-order valence-corrected chi connectivity index (χ3v) is 3.45. The van der Waals surface area contributed by atoms with Crippen LogP contribution in [-0.4, -0.2) is 23.1 Å². The Morgan fingerprint density at radius 3 is 2.79 bits per heavy atom. The lowest BCUT2D eigenvalue weighted by atomic mass is 10.0. The third kappa shape index (κ3) is 3.49. The first-order chi connectivity index (χ1) is 8.90. The number of hydrogen-bond acceptors (Lipinski definition) is 3. The summed E-state index contributed by atoms with van der Waals surface area (Å²) in [6.45, 7) is 3.56. The van der Waals surface area contributed by atoms with Crippen molar-refractivity contribution >= 4 is 17.4 Å². The van der Waals surface area contributed by atoms with Crippen LogP contribution in [0.1, 0.15) is 31.9 Å². The van der Waals surface area contributed by atoms with Gasteiger partial charge in [0.2, 0.25) is 5.28 Å². The maximum absolute atomic E-state index is 12.7. The molecule has 1 aliphatic rings. The molecule has 1 unspecified atom stereocenters. The fraction of sp³-hybridized carbons (Fsp3) is 0.667. The van der Waals surface area contributed by atoms with Crippen molar-refractivity contribution in [3.8, 4) is 0 Å². The summed E-state index contributed by atoms with van der Waals surface area (Å²) in [5.74, 6) is 0.791. The highest BCUT2D eigenvalue weighted by Crippen LogP contribution is 2.32. The minimum absolute atomic E-state index is 0.269. The van der Waals surface area contributed by atoms with Crippen molar-refractivity contribution in [3.63, 3.8) is 0 Å². The van der Waals surface area contributed by atoms with Crippen molar-refractivity contribution in [3.05, 3.63) is 17.0 Å². The minimum Gasteiger partial charge on any atom is -0.356 e. The van der Waals surface area contributed by atoms with Crippen molar-refractivity contribution in [1.29, 1.82) is 0 Å². The lowest BCUT2D eigenvalue weighted by molar-refractivity contribution is -0.141. The third-order valence-electron chi connectivity index (χ3n) is 3.28. The largest absolute Gasteiger partial charge is 0.433 e. The van der Waals surface area contributed by atoms with E-state index in [1.165, 1.54) is 0 Å². The van der Waals surface area contributed by atoms with E-state index in [1.54, 1.807) is 0 Å². The fourth-order valence-electron chi connectivity index (χ4n) is 2.40. The summed E-state index contributed by atoms with van der Waals surface area (Å²) in [6, 6.07) is 0.972. The summed E-state index contributed by atoms with van der Waals surface area (Å²) >= 11 is 5.58. The first-order valence-corrected chi connectivity index (χ1v) is 6.64. The Hall–Kier alpha value is -1.04. The molecule has 0 spiro atoms. The molecule has 0 amide bonds. The van der Waals surface area contributed by atoms with E-state index < -0.39 is 11.9 Å². The molecule has 0 N–H and O–H groups in total. The topological polar surface area (TPSA) is 29.0 Å². The van der Waals surface area contributed by atoms with Gasteiger partial charge in [0.25, 0.3) is 0 Å². The van der Waals surface area contributed by atoms with Crippen molar-refractivity contribution in [2.75, 3.05) is 18.0 Å². The average Bonchev–Trinajstić information content (AvgIpc) is 2.76. The molecule has 0 radical (unpaired) electrons. The van der Waals surface area contributed by atoms with Crippen molar-refractivity contribution in [1.82, 2.24) is 9.97 Å². The van der Waals surface area contributed by atoms with E-state index >= 15 is 0 Å². The van der Waals surface area contributed by atoms with Gasteiger partial charge < -0.3 is 4.90 Å². The van der Waals surface area contributed by atoms with Gasteiger partial charge in [0.1, 0.15) is 5.82 Å². The van der Waals surface area contributed by atoms with Gasteiger partial charge in [0.15, 0.2) is 5.69 Å². The van der Waals surface area contributed by atoms with Crippen LogP contribution >= 0.6 is 11.6 Å². The van der Waals surface area contributed by atoms with E-state index in [-0.39, 0.29) is 11.1 Å². The van der Waals surface area contributed by atoms with Gasteiger partial charge in [-0.25, -0.2) is 9.97 Å². The highest BCUT2D eigenvalue weighted by atomic mass is 35.5. The molecule has 2 rings (SSSR count). The van der Waals surface area contributed by atoms with Gasteiger partial charge in [-0.3, -0.25) is 0 Å². The Morgan fingerprint density at radius 2 is 2.16 bits per heavy atom. The maximum Gasteiger partial charge on any atom is 0.433 e. The predicted molar refractivity (Wildman–Crippen MR) is 67.3 cm³/mol. The number of nitrogens with zero attached hydrogens (tertiary/aromatic N) is 3. The van der Waals surface area contributed by atoms with Gasteiger partial charge in [-0.2, -0.15) is 13.2 Å². The van der Waals surface area contributed by atoms with Crippen LogP contribution in [0, 0.1) is 5.92 Å². The van der Waals surface area contributed by atoms with Crippen molar-refractivity contribution in [2.45, 2.75) is 32.4 Å². The second kappa shape index (κ2) is 5.53. The van der Waals surface area contributed by atoms with Crippen molar-refractivity contribution < 1.29 is 13.2 Å². The molecule has 1 saturated heterocycles. The SMILES string of the molecule is CCCC1CCN(c2cc(C(F)(F)F)nc(Cl)n2)C1. The molecule has 0 saturated carbocycles. The molecule has 2 heterocycles. The number of halogens is 4. The van der Waals surface area contributed by atoms with Gasteiger partial charge in [0.05, 0.1) is 0 Å². The second-order valence-corrected chi connectivity index (χ2v) is 5.11. The molecule has 106 valence electrons. The van der Waals surface area contributed by atoms with E-state index in [1.807, 2.05) is 4.90 Å². The molecule has 1 aromatic rings. The molecule has 19 heavy (non-hydrogen) atoms. The Bertz CT molecular complexity index is 450. The zero-order valence-electron chi connectivity index (χ0n) is 10.5. The molecule has 1 aromatic heterocycles. The van der Waals surface area contributed by atoms with Gasteiger partial charge >= 0.3 is 6.18 Å². The summed E-state index contributed by atoms with van der Waals surface area (Å²) in [5.41, 5.74) is -0.985. The van der Waals surface area contributed by atoms with Crippen LogP contribution in [0.15, 0.2) is 6.07 Å². The van der Waals surface area contributed by atoms with E-state index in [2.05, 4.69) is 16.9 Å². The first-order valence-electron chi connectivity index (χ1n) is 6.27. The summed E-state index contributed by atoms with van der Waals surface area (Å²) in [6.07, 6.45) is -1.35. The fourth-order valence-corrected chi connectivity index (χ4v) is 2.58. The lowest BCUT2D eigenvalue weighted by Crippen LogP contribution is -2.22. The molecular formula is C12H15ClF3N3. The Morgan fingerprint density at radius 1 is 1.42 bits per heavy atom. The molecule has 1 fully saturated rings. The molecular weight excluding hydrogens is 279 g/mol. The lowest BCUT2D eigenvalue weighted by Gasteiger charge is -2.18. The van der Waals surface area contributed by atoms with Crippen LogP contribution in [0.2, 0.25) is 5.28 Å². The monoisotopic (exact) mass is 293 g/mol. The highest BCUT2D eigenvalue weighted by molar-refractivity contribution is 6.28. The Kier molecular flexibility index (Phi) is 4.18. The number of alkyl halides is 3. The van der Waals surface area contributed by atoms with Crippen LogP contribution in [-0.2, 0) is 6.18 Å². The molecule has 7 heteroatoms. The zero-order valence-corrected chi connectivity index (χ0v) is 11.3. The number of rotatable bonds is 3.